The van der Waals surface area contributed by atoms with Gasteiger partial charge in [0.25, 0.3) is 0 Å². The number of rotatable bonds is 5. The highest BCUT2D eigenvalue weighted by Crippen LogP contribution is 2.23. The minimum absolute atomic E-state index is 0.0672. The average Bonchev–Trinajstić information content (AvgIpc) is 3.10. The molecule has 0 fully saturated rings. The number of anilines is 1. The molecule has 0 saturated carbocycles. The number of carbonyl (C=O) groups is 1. The summed E-state index contributed by atoms with van der Waals surface area (Å²) in [7, 11) is -4.11. The molecule has 0 saturated heterocycles. The lowest BCUT2D eigenvalue weighted by Gasteiger charge is -2.11. The third-order valence-electron chi connectivity index (χ3n) is 3.76. The van der Waals surface area contributed by atoms with Crippen LogP contribution in [0.2, 0.25) is 5.02 Å². The van der Waals surface area contributed by atoms with Crippen molar-refractivity contribution >= 4 is 33.2 Å². The molecule has 10 heteroatoms. The number of carbonyl (C=O) groups excluding carboxylic acids is 1. The van der Waals surface area contributed by atoms with Crippen molar-refractivity contribution in [3.63, 3.8) is 0 Å². The fraction of sp³-hybridized carbons (Fsp3) is 0.0556. The topological polar surface area (TPSA) is 131 Å². The van der Waals surface area contributed by atoms with E-state index in [1.54, 1.807) is 24.3 Å². The Morgan fingerprint density at radius 1 is 1.29 bits per heavy atom. The molecule has 3 N–H and O–H groups in total. The van der Waals surface area contributed by atoms with Crippen LogP contribution in [-0.2, 0) is 21.2 Å². The first kappa shape index (κ1) is 19.6. The highest BCUT2D eigenvalue weighted by Gasteiger charge is 2.18. The monoisotopic (exact) mass is 415 g/mol. The van der Waals surface area contributed by atoms with Crippen LogP contribution in [0.25, 0.3) is 5.69 Å². The summed E-state index contributed by atoms with van der Waals surface area (Å²) in [6, 6.07) is 13.0. The smallest absolute Gasteiger partial charge is 0.240 e. The van der Waals surface area contributed by atoms with Crippen molar-refractivity contribution in [2.45, 2.75) is 11.3 Å². The van der Waals surface area contributed by atoms with E-state index in [-0.39, 0.29) is 34.2 Å². The van der Waals surface area contributed by atoms with E-state index < -0.39 is 10.0 Å². The number of sulfonamides is 1. The Morgan fingerprint density at radius 3 is 2.71 bits per heavy atom. The van der Waals surface area contributed by atoms with Crippen LogP contribution in [0.1, 0.15) is 11.1 Å². The molecule has 142 valence electrons. The number of benzene rings is 2. The largest absolute Gasteiger partial charge is 0.326 e. The Morgan fingerprint density at radius 2 is 2.07 bits per heavy atom. The second-order valence-corrected chi connectivity index (χ2v) is 7.83. The molecule has 28 heavy (non-hydrogen) atoms. The van der Waals surface area contributed by atoms with Gasteiger partial charge in [-0.3, -0.25) is 4.79 Å². The summed E-state index contributed by atoms with van der Waals surface area (Å²) in [4.78, 5) is 12.0. The van der Waals surface area contributed by atoms with Gasteiger partial charge in [0.15, 0.2) is 0 Å². The Kier molecular flexibility index (Phi) is 5.46. The van der Waals surface area contributed by atoms with E-state index in [0.29, 0.717) is 10.6 Å². The van der Waals surface area contributed by atoms with Gasteiger partial charge in [-0.2, -0.15) is 10.4 Å². The number of aromatic nitrogens is 2. The van der Waals surface area contributed by atoms with Gasteiger partial charge in [0.2, 0.25) is 15.9 Å². The molecular weight excluding hydrogens is 402 g/mol. The second-order valence-electron chi connectivity index (χ2n) is 5.87. The molecule has 1 heterocycles. The molecule has 1 amide bonds. The third-order valence-corrected chi connectivity index (χ3v) is 4.94. The molecular formula is C18H14ClN5O3S. The van der Waals surface area contributed by atoms with Crippen molar-refractivity contribution in [3.8, 4) is 11.8 Å². The maximum absolute atomic E-state index is 12.3. The van der Waals surface area contributed by atoms with Crippen molar-refractivity contribution in [2.24, 2.45) is 5.14 Å². The van der Waals surface area contributed by atoms with Gasteiger partial charge in [-0.25, -0.2) is 18.2 Å². The molecule has 0 atom stereocenters. The Bertz CT molecular complexity index is 1200. The van der Waals surface area contributed by atoms with Gasteiger partial charge >= 0.3 is 0 Å². The summed E-state index contributed by atoms with van der Waals surface area (Å²) in [6.07, 6.45) is 2.74. The van der Waals surface area contributed by atoms with Crippen molar-refractivity contribution in [3.05, 3.63) is 71.0 Å². The highest BCUT2D eigenvalue weighted by molar-refractivity contribution is 7.89. The van der Waals surface area contributed by atoms with E-state index in [1.165, 1.54) is 35.3 Å². The molecule has 0 spiro atoms. The number of hydrogen-bond acceptors (Lipinski definition) is 5. The molecule has 0 aliphatic carbocycles. The zero-order valence-electron chi connectivity index (χ0n) is 14.3. The van der Waals surface area contributed by atoms with Crippen LogP contribution in [0.5, 0.6) is 0 Å². The molecule has 0 bridgehead atoms. The first-order valence-corrected chi connectivity index (χ1v) is 9.85. The number of primary sulfonamides is 1. The molecule has 3 rings (SSSR count). The van der Waals surface area contributed by atoms with Crippen molar-refractivity contribution in [1.82, 2.24) is 9.78 Å². The van der Waals surface area contributed by atoms with Gasteiger partial charge in [0.05, 0.1) is 23.9 Å². The highest BCUT2D eigenvalue weighted by atomic mass is 35.5. The Labute approximate surface area is 166 Å². The maximum atomic E-state index is 12.3. The fourth-order valence-electron chi connectivity index (χ4n) is 2.56. The lowest BCUT2D eigenvalue weighted by Crippen LogP contribution is -2.18. The maximum Gasteiger partial charge on any atom is 0.240 e. The minimum atomic E-state index is -4.11. The van der Waals surface area contributed by atoms with Gasteiger partial charge < -0.3 is 5.32 Å². The number of nitrogens with one attached hydrogen (secondary N) is 1. The molecule has 0 aliphatic heterocycles. The number of hydrogen-bond donors (Lipinski definition) is 2. The average molecular weight is 416 g/mol. The summed E-state index contributed by atoms with van der Waals surface area (Å²) in [5.41, 5.74) is 1.40. The van der Waals surface area contributed by atoms with Gasteiger partial charge in [0, 0.05) is 16.9 Å². The number of nitrogens with zero attached hydrogens (tertiary/aromatic N) is 3. The van der Waals surface area contributed by atoms with E-state index >= 15 is 0 Å². The van der Waals surface area contributed by atoms with Gasteiger partial charge in [-0.1, -0.05) is 23.7 Å². The first-order valence-electron chi connectivity index (χ1n) is 7.92. The predicted octanol–water partition coefficient (Wildman–Crippen LogP) is 2.23. The van der Waals surface area contributed by atoms with Gasteiger partial charge in [-0.05, 0) is 35.9 Å². The molecule has 1 aromatic heterocycles. The van der Waals surface area contributed by atoms with Crippen LogP contribution in [0, 0.1) is 11.3 Å². The van der Waals surface area contributed by atoms with E-state index in [2.05, 4.69) is 10.4 Å². The molecule has 0 unspecified atom stereocenters. The molecule has 0 radical (unpaired) electrons. The molecule has 3 aromatic rings. The van der Waals surface area contributed by atoms with Crippen LogP contribution in [0.15, 0.2) is 59.8 Å². The summed E-state index contributed by atoms with van der Waals surface area (Å²) >= 11 is 5.91. The van der Waals surface area contributed by atoms with Crippen LogP contribution in [0.4, 0.5) is 5.69 Å². The third kappa shape index (κ3) is 4.55. The first-order chi connectivity index (χ1) is 13.3. The van der Waals surface area contributed by atoms with E-state index in [1.807, 2.05) is 6.07 Å². The van der Waals surface area contributed by atoms with Crippen LogP contribution in [-0.4, -0.2) is 24.1 Å². The van der Waals surface area contributed by atoms with Crippen LogP contribution < -0.4 is 10.5 Å². The quantitative estimate of drug-likeness (QED) is 0.659. The zero-order chi connectivity index (χ0) is 20.3. The number of nitrogens with two attached hydrogens (primary N) is 1. The van der Waals surface area contributed by atoms with Gasteiger partial charge in [-0.15, -0.1) is 0 Å². The number of halogens is 1. The summed E-state index contributed by atoms with van der Waals surface area (Å²) < 4.78 is 25.3. The summed E-state index contributed by atoms with van der Waals surface area (Å²) in [5.74, 6) is -0.346. The number of nitriles is 1. The Balaban J connectivity index is 1.89. The minimum Gasteiger partial charge on any atom is -0.326 e. The number of amides is 1. The zero-order valence-corrected chi connectivity index (χ0v) is 15.9. The summed E-state index contributed by atoms with van der Waals surface area (Å²) in [6.45, 7) is 0. The molecule has 0 aliphatic rings. The van der Waals surface area contributed by atoms with Gasteiger partial charge in [0.1, 0.15) is 11.0 Å². The van der Waals surface area contributed by atoms with Crippen molar-refractivity contribution < 1.29 is 13.2 Å². The molecule has 2 aromatic carbocycles. The lowest BCUT2D eigenvalue weighted by atomic mass is 10.1. The Hall–Kier alpha value is -3.19. The van der Waals surface area contributed by atoms with E-state index in [4.69, 9.17) is 22.0 Å². The second kappa shape index (κ2) is 7.82. The molecule has 8 nitrogen and oxygen atoms in total. The van der Waals surface area contributed by atoms with Crippen LogP contribution in [0.3, 0.4) is 0 Å². The predicted molar refractivity (Wildman–Crippen MR) is 103 cm³/mol. The fourth-order valence-corrected chi connectivity index (χ4v) is 3.52. The normalized spacial score (nSPS) is 11.0. The van der Waals surface area contributed by atoms with E-state index in [9.17, 15) is 13.2 Å². The standard InChI is InChI=1S/C18H14ClN5O3S/c19-14-3-1-2-12(6-14)7-18(25)23-15-4-5-16(17(8-15)28(21,26)27)24-11-13(9-20)10-22-24/h1-6,8,10-11H,7H2,(H,23,25)(H2,21,26,27). The van der Waals surface area contributed by atoms with Crippen molar-refractivity contribution in [1.29, 1.82) is 5.26 Å². The summed E-state index contributed by atoms with van der Waals surface area (Å²) in [5, 5.41) is 21.3. The SMILES string of the molecule is N#Cc1cnn(-c2ccc(NC(=O)Cc3cccc(Cl)c3)cc2S(N)(=O)=O)c1. The van der Waals surface area contributed by atoms with Crippen molar-refractivity contribution in [2.75, 3.05) is 5.32 Å². The van der Waals surface area contributed by atoms with E-state index in [0.717, 1.165) is 0 Å². The lowest BCUT2D eigenvalue weighted by molar-refractivity contribution is -0.115. The van der Waals surface area contributed by atoms with Crippen LogP contribution >= 0.6 is 11.6 Å².